The fourth-order valence-electron chi connectivity index (χ4n) is 2.08. The summed E-state index contributed by atoms with van der Waals surface area (Å²) in [5, 5.41) is 0. The number of ketones is 1. The molecule has 2 rings (SSSR count). The van der Waals surface area contributed by atoms with E-state index in [0.29, 0.717) is 18.4 Å². The Kier molecular flexibility index (Phi) is 4.30. The first-order valence-corrected chi connectivity index (χ1v) is 6.26. The van der Waals surface area contributed by atoms with E-state index in [2.05, 4.69) is 0 Å². The Labute approximate surface area is 113 Å². The van der Waals surface area contributed by atoms with Gasteiger partial charge >= 0.3 is 0 Å². The van der Waals surface area contributed by atoms with Crippen LogP contribution in [-0.4, -0.2) is 25.8 Å². The van der Waals surface area contributed by atoms with E-state index in [1.165, 1.54) is 0 Å². The fraction of sp³-hybridized carbons (Fsp3) is 0.312. The molecule has 3 heteroatoms. The lowest BCUT2D eigenvalue weighted by molar-refractivity contribution is -0.167. The molecule has 1 aromatic rings. The van der Waals surface area contributed by atoms with Crippen LogP contribution in [0.25, 0.3) is 0 Å². The van der Waals surface area contributed by atoms with Crippen LogP contribution in [0.5, 0.6) is 0 Å². The van der Waals surface area contributed by atoms with Gasteiger partial charge in [0.2, 0.25) is 0 Å². The topological polar surface area (TPSA) is 35.5 Å². The second-order valence-electron chi connectivity index (χ2n) is 4.50. The molecule has 0 spiro atoms. The number of methoxy groups -OCH3 is 2. The van der Waals surface area contributed by atoms with E-state index in [-0.39, 0.29) is 5.78 Å². The zero-order chi connectivity index (χ0) is 13.7. The zero-order valence-electron chi connectivity index (χ0n) is 11.3. The van der Waals surface area contributed by atoms with Gasteiger partial charge in [-0.05, 0) is 11.6 Å². The standard InChI is InChI=1S/C16H18O3/c1-18-16(19-2)10-8-14(9-11-16)15(17)12-13-6-4-3-5-7-13/h3-10H,11-12H2,1-2H3. The maximum Gasteiger partial charge on any atom is 0.190 e. The van der Waals surface area contributed by atoms with E-state index < -0.39 is 5.79 Å². The molecule has 0 N–H and O–H groups in total. The minimum absolute atomic E-state index is 0.114. The third kappa shape index (κ3) is 3.19. The lowest BCUT2D eigenvalue weighted by atomic mass is 9.96. The van der Waals surface area contributed by atoms with Crippen LogP contribution in [0.1, 0.15) is 12.0 Å². The lowest BCUT2D eigenvalue weighted by Gasteiger charge is -2.28. The Morgan fingerprint density at radius 1 is 1.21 bits per heavy atom. The Hall–Kier alpha value is -1.71. The number of benzene rings is 1. The second kappa shape index (κ2) is 5.95. The molecule has 3 nitrogen and oxygen atoms in total. The summed E-state index contributed by atoms with van der Waals surface area (Å²) in [6, 6.07) is 9.74. The minimum Gasteiger partial charge on any atom is -0.349 e. The smallest absolute Gasteiger partial charge is 0.190 e. The number of Topliss-reactive ketones (excluding diaryl/α,β-unsaturated/α-hetero) is 1. The normalized spacial score (nSPS) is 17.1. The molecule has 1 aromatic carbocycles. The van der Waals surface area contributed by atoms with Crippen LogP contribution in [-0.2, 0) is 20.7 Å². The molecule has 0 saturated carbocycles. The number of allylic oxidation sites excluding steroid dienone is 2. The van der Waals surface area contributed by atoms with Crippen molar-refractivity contribution in [1.82, 2.24) is 0 Å². The molecule has 0 bridgehead atoms. The van der Waals surface area contributed by atoms with E-state index in [0.717, 1.165) is 5.56 Å². The van der Waals surface area contributed by atoms with Crippen LogP contribution in [0.4, 0.5) is 0 Å². The average molecular weight is 258 g/mol. The molecule has 0 amide bonds. The number of ether oxygens (including phenoxy) is 2. The minimum atomic E-state index is -0.726. The predicted molar refractivity (Wildman–Crippen MR) is 73.7 cm³/mol. The Morgan fingerprint density at radius 2 is 1.89 bits per heavy atom. The van der Waals surface area contributed by atoms with Gasteiger partial charge < -0.3 is 9.47 Å². The van der Waals surface area contributed by atoms with Crippen LogP contribution in [0.2, 0.25) is 0 Å². The Balaban J connectivity index is 2.03. The molecule has 0 heterocycles. The summed E-state index contributed by atoms with van der Waals surface area (Å²) in [5.41, 5.74) is 1.74. The summed E-state index contributed by atoms with van der Waals surface area (Å²) in [7, 11) is 3.19. The summed E-state index contributed by atoms with van der Waals surface area (Å²) in [4.78, 5) is 12.2. The highest BCUT2D eigenvalue weighted by Crippen LogP contribution is 2.25. The van der Waals surface area contributed by atoms with Crippen LogP contribution in [0.15, 0.2) is 54.1 Å². The molecule has 0 atom stereocenters. The first kappa shape index (κ1) is 13.7. The van der Waals surface area contributed by atoms with E-state index in [4.69, 9.17) is 9.47 Å². The summed E-state index contributed by atoms with van der Waals surface area (Å²) >= 11 is 0. The van der Waals surface area contributed by atoms with Crippen molar-refractivity contribution in [1.29, 1.82) is 0 Å². The van der Waals surface area contributed by atoms with Crippen molar-refractivity contribution in [3.8, 4) is 0 Å². The van der Waals surface area contributed by atoms with E-state index >= 15 is 0 Å². The molecule has 0 fully saturated rings. The van der Waals surface area contributed by atoms with Gasteiger partial charge in [-0.1, -0.05) is 42.5 Å². The van der Waals surface area contributed by atoms with Crippen molar-refractivity contribution < 1.29 is 14.3 Å². The first-order valence-electron chi connectivity index (χ1n) is 6.26. The third-order valence-corrected chi connectivity index (χ3v) is 3.34. The number of carbonyl (C=O) groups is 1. The van der Waals surface area contributed by atoms with Crippen LogP contribution < -0.4 is 0 Å². The molecule has 0 aromatic heterocycles. The van der Waals surface area contributed by atoms with Gasteiger partial charge in [0, 0.05) is 32.6 Å². The molecular formula is C16H18O3. The maximum atomic E-state index is 12.2. The van der Waals surface area contributed by atoms with Crippen molar-refractivity contribution in [3.63, 3.8) is 0 Å². The highest BCUT2D eigenvalue weighted by Gasteiger charge is 2.28. The van der Waals surface area contributed by atoms with E-state index in [9.17, 15) is 4.79 Å². The fourth-order valence-corrected chi connectivity index (χ4v) is 2.08. The zero-order valence-corrected chi connectivity index (χ0v) is 11.3. The molecular weight excluding hydrogens is 240 g/mol. The Morgan fingerprint density at radius 3 is 2.42 bits per heavy atom. The first-order chi connectivity index (χ1) is 9.19. The van der Waals surface area contributed by atoms with Crippen molar-refractivity contribution >= 4 is 5.78 Å². The van der Waals surface area contributed by atoms with Gasteiger partial charge in [-0.3, -0.25) is 4.79 Å². The van der Waals surface area contributed by atoms with Crippen LogP contribution in [0.3, 0.4) is 0 Å². The highest BCUT2D eigenvalue weighted by atomic mass is 16.7. The second-order valence-corrected chi connectivity index (χ2v) is 4.50. The molecule has 100 valence electrons. The molecule has 1 aliphatic carbocycles. The largest absolute Gasteiger partial charge is 0.349 e. The quantitative estimate of drug-likeness (QED) is 0.762. The van der Waals surface area contributed by atoms with Gasteiger partial charge in [0.05, 0.1) is 0 Å². The lowest BCUT2D eigenvalue weighted by Crippen LogP contribution is -2.32. The van der Waals surface area contributed by atoms with Gasteiger partial charge in [0.1, 0.15) is 0 Å². The monoisotopic (exact) mass is 258 g/mol. The number of hydrogen-bond acceptors (Lipinski definition) is 3. The van der Waals surface area contributed by atoms with Crippen molar-refractivity contribution in [2.75, 3.05) is 14.2 Å². The summed E-state index contributed by atoms with van der Waals surface area (Å²) in [6.45, 7) is 0. The molecule has 0 unspecified atom stereocenters. The number of rotatable bonds is 5. The summed E-state index contributed by atoms with van der Waals surface area (Å²) in [6.07, 6.45) is 6.42. The highest BCUT2D eigenvalue weighted by molar-refractivity contribution is 5.99. The maximum absolute atomic E-state index is 12.2. The SMILES string of the molecule is COC1(OC)C=CC(C(=O)Cc2ccccc2)=CC1. The van der Waals surface area contributed by atoms with Crippen molar-refractivity contribution in [2.45, 2.75) is 18.6 Å². The third-order valence-electron chi connectivity index (χ3n) is 3.34. The van der Waals surface area contributed by atoms with Gasteiger partial charge in [-0.25, -0.2) is 0 Å². The molecule has 0 aliphatic heterocycles. The van der Waals surface area contributed by atoms with Gasteiger partial charge in [0.25, 0.3) is 0 Å². The van der Waals surface area contributed by atoms with Crippen molar-refractivity contribution in [3.05, 3.63) is 59.7 Å². The van der Waals surface area contributed by atoms with Gasteiger partial charge in [-0.2, -0.15) is 0 Å². The summed E-state index contributed by atoms with van der Waals surface area (Å²) < 4.78 is 10.6. The Bertz CT molecular complexity index is 496. The van der Waals surface area contributed by atoms with Crippen LogP contribution >= 0.6 is 0 Å². The molecule has 19 heavy (non-hydrogen) atoms. The molecule has 0 radical (unpaired) electrons. The number of hydrogen-bond donors (Lipinski definition) is 0. The number of carbonyl (C=O) groups excluding carboxylic acids is 1. The van der Waals surface area contributed by atoms with Crippen molar-refractivity contribution in [2.24, 2.45) is 0 Å². The van der Waals surface area contributed by atoms with Crippen LogP contribution in [0, 0.1) is 0 Å². The predicted octanol–water partition coefficient (Wildman–Crippen LogP) is 2.67. The molecule has 0 saturated heterocycles. The van der Waals surface area contributed by atoms with E-state index in [1.807, 2.05) is 36.4 Å². The average Bonchev–Trinajstić information content (AvgIpc) is 2.48. The van der Waals surface area contributed by atoms with E-state index in [1.54, 1.807) is 26.4 Å². The van der Waals surface area contributed by atoms with Gasteiger partial charge in [0.15, 0.2) is 11.6 Å². The summed E-state index contributed by atoms with van der Waals surface area (Å²) in [5.74, 6) is -0.612. The molecule has 1 aliphatic rings. The van der Waals surface area contributed by atoms with Gasteiger partial charge in [-0.15, -0.1) is 0 Å².